The quantitative estimate of drug-likeness (QED) is 0.834. The molecule has 0 saturated heterocycles. The van der Waals surface area contributed by atoms with Crippen LogP contribution in [0.1, 0.15) is 15.9 Å². The molecule has 0 aliphatic carbocycles. The van der Waals surface area contributed by atoms with Crippen LogP contribution in [-0.2, 0) is 0 Å². The lowest BCUT2D eigenvalue weighted by Crippen LogP contribution is -2.14. The largest absolute Gasteiger partial charge is 0.322 e. The third-order valence-electron chi connectivity index (χ3n) is 2.62. The van der Waals surface area contributed by atoms with Gasteiger partial charge in [0.1, 0.15) is 5.82 Å². The van der Waals surface area contributed by atoms with Crippen LogP contribution < -0.4 is 5.32 Å². The fraction of sp³-hybridized carbons (Fsp3) is 0.0714. The minimum atomic E-state index is -0.602. The number of hydrogen-bond donors (Lipinski definition) is 1. The lowest BCUT2D eigenvalue weighted by molar-refractivity contribution is 0.102. The monoisotopic (exact) mass is 341 g/mol. The zero-order valence-corrected chi connectivity index (χ0v) is 12.3. The molecule has 0 spiro atoms. The van der Waals surface area contributed by atoms with Crippen molar-refractivity contribution >= 4 is 39.1 Å². The molecule has 1 amide bonds. The van der Waals surface area contributed by atoms with Gasteiger partial charge in [-0.1, -0.05) is 33.6 Å². The number of aryl methyl sites for hydroxylation is 1. The first-order chi connectivity index (χ1) is 8.97. The number of carbonyl (C=O) groups is 1. The van der Waals surface area contributed by atoms with Crippen LogP contribution in [0, 0.1) is 12.7 Å². The summed E-state index contributed by atoms with van der Waals surface area (Å²) in [5.41, 5.74) is 1.43. The molecular weight excluding hydrogens is 333 g/mol. The number of hydrogen-bond acceptors (Lipinski definition) is 1. The van der Waals surface area contributed by atoms with Gasteiger partial charge in [-0.25, -0.2) is 4.39 Å². The number of rotatable bonds is 2. The van der Waals surface area contributed by atoms with E-state index in [4.69, 9.17) is 11.6 Å². The second kappa shape index (κ2) is 5.72. The van der Waals surface area contributed by atoms with Gasteiger partial charge in [0.05, 0.1) is 5.56 Å². The zero-order valence-electron chi connectivity index (χ0n) is 10.0. The molecule has 2 rings (SSSR count). The van der Waals surface area contributed by atoms with E-state index >= 15 is 0 Å². The van der Waals surface area contributed by atoms with Crippen LogP contribution in [-0.4, -0.2) is 5.91 Å². The molecule has 2 nitrogen and oxygen atoms in total. The van der Waals surface area contributed by atoms with Gasteiger partial charge in [-0.05, 0) is 42.8 Å². The smallest absolute Gasteiger partial charge is 0.258 e. The van der Waals surface area contributed by atoms with E-state index in [1.807, 2.05) is 19.1 Å². The number of nitrogens with one attached hydrogen (secondary N) is 1. The van der Waals surface area contributed by atoms with Gasteiger partial charge >= 0.3 is 0 Å². The summed E-state index contributed by atoms with van der Waals surface area (Å²) in [5, 5.41) is 2.98. The Balaban J connectivity index is 2.30. The van der Waals surface area contributed by atoms with Gasteiger partial charge in [0.25, 0.3) is 5.91 Å². The van der Waals surface area contributed by atoms with Crippen LogP contribution in [0.2, 0.25) is 5.02 Å². The summed E-state index contributed by atoms with van der Waals surface area (Å²) >= 11 is 9.09. The second-order valence-corrected chi connectivity index (χ2v) is 5.39. The molecule has 2 aromatic carbocycles. The van der Waals surface area contributed by atoms with Crippen LogP contribution in [0.25, 0.3) is 0 Å². The van der Waals surface area contributed by atoms with E-state index in [2.05, 4.69) is 21.2 Å². The van der Waals surface area contributed by atoms with Gasteiger partial charge in [0.2, 0.25) is 0 Å². The average Bonchev–Trinajstić information content (AvgIpc) is 2.36. The summed E-state index contributed by atoms with van der Waals surface area (Å²) in [7, 11) is 0. The highest BCUT2D eigenvalue weighted by atomic mass is 79.9. The minimum Gasteiger partial charge on any atom is -0.322 e. The average molecular weight is 343 g/mol. The normalized spacial score (nSPS) is 10.3. The first kappa shape index (κ1) is 14.0. The maximum absolute atomic E-state index is 13.6. The van der Waals surface area contributed by atoms with Gasteiger partial charge in [-0.3, -0.25) is 4.79 Å². The number of amides is 1. The third kappa shape index (κ3) is 3.33. The summed E-state index contributed by atoms with van der Waals surface area (Å²) in [6, 6.07) is 9.36. The Morgan fingerprint density at radius 2 is 2.00 bits per heavy atom. The predicted molar refractivity (Wildman–Crippen MR) is 78.2 cm³/mol. The molecule has 2 aromatic rings. The van der Waals surface area contributed by atoms with E-state index < -0.39 is 11.7 Å². The Bertz CT molecular complexity index is 645. The van der Waals surface area contributed by atoms with E-state index in [0.717, 1.165) is 10.0 Å². The standard InChI is InChI=1S/C14H10BrClFNO/c1-8-2-3-9(15)6-13(8)18-14(19)11-7-10(16)4-5-12(11)17/h2-7H,1H3,(H,18,19). The van der Waals surface area contributed by atoms with Crippen LogP contribution in [0.15, 0.2) is 40.9 Å². The summed E-state index contributed by atoms with van der Waals surface area (Å²) in [4.78, 5) is 12.0. The SMILES string of the molecule is Cc1ccc(Br)cc1NC(=O)c1cc(Cl)ccc1F. The van der Waals surface area contributed by atoms with Crippen molar-refractivity contribution in [3.8, 4) is 0 Å². The highest BCUT2D eigenvalue weighted by Crippen LogP contribution is 2.22. The molecule has 5 heteroatoms. The molecule has 0 bridgehead atoms. The molecule has 0 aromatic heterocycles. The van der Waals surface area contributed by atoms with Crippen molar-refractivity contribution in [3.63, 3.8) is 0 Å². The maximum Gasteiger partial charge on any atom is 0.258 e. The van der Waals surface area contributed by atoms with E-state index in [0.29, 0.717) is 10.7 Å². The molecule has 0 atom stereocenters. The van der Waals surface area contributed by atoms with Crippen molar-refractivity contribution in [1.82, 2.24) is 0 Å². The van der Waals surface area contributed by atoms with Crippen molar-refractivity contribution in [1.29, 1.82) is 0 Å². The molecule has 19 heavy (non-hydrogen) atoms. The van der Waals surface area contributed by atoms with Crippen LogP contribution in [0.3, 0.4) is 0 Å². The number of carbonyl (C=O) groups excluding carboxylic acids is 1. The Morgan fingerprint density at radius 1 is 1.26 bits per heavy atom. The van der Waals surface area contributed by atoms with Gasteiger partial charge in [-0.2, -0.15) is 0 Å². The molecular formula is C14H10BrClFNO. The van der Waals surface area contributed by atoms with Gasteiger partial charge in [0.15, 0.2) is 0 Å². The molecule has 98 valence electrons. The van der Waals surface area contributed by atoms with Crippen molar-refractivity contribution < 1.29 is 9.18 Å². The van der Waals surface area contributed by atoms with Gasteiger partial charge in [0, 0.05) is 15.2 Å². The van der Waals surface area contributed by atoms with E-state index in [1.54, 1.807) is 6.07 Å². The first-order valence-electron chi connectivity index (χ1n) is 5.50. The second-order valence-electron chi connectivity index (χ2n) is 4.04. The molecule has 0 heterocycles. The zero-order chi connectivity index (χ0) is 14.0. The highest BCUT2D eigenvalue weighted by Gasteiger charge is 2.13. The Labute approximate surface area is 123 Å². The summed E-state index contributed by atoms with van der Waals surface area (Å²) < 4.78 is 14.4. The van der Waals surface area contributed by atoms with E-state index in [-0.39, 0.29) is 5.56 Å². The fourth-order valence-electron chi connectivity index (χ4n) is 1.59. The molecule has 0 unspecified atom stereocenters. The molecule has 0 saturated carbocycles. The van der Waals surface area contributed by atoms with Crippen molar-refractivity contribution in [3.05, 3.63) is 62.8 Å². The number of anilines is 1. The predicted octanol–water partition coefficient (Wildman–Crippen LogP) is 4.80. The lowest BCUT2D eigenvalue weighted by atomic mass is 10.1. The third-order valence-corrected chi connectivity index (χ3v) is 3.35. The number of benzene rings is 2. The van der Waals surface area contributed by atoms with Gasteiger partial charge in [-0.15, -0.1) is 0 Å². The van der Waals surface area contributed by atoms with Crippen LogP contribution in [0.5, 0.6) is 0 Å². The van der Waals surface area contributed by atoms with E-state index in [9.17, 15) is 9.18 Å². The minimum absolute atomic E-state index is 0.0770. The maximum atomic E-state index is 13.6. The molecule has 0 aliphatic rings. The topological polar surface area (TPSA) is 29.1 Å². The van der Waals surface area contributed by atoms with Crippen LogP contribution >= 0.6 is 27.5 Å². The Hall–Kier alpha value is -1.39. The van der Waals surface area contributed by atoms with E-state index in [1.165, 1.54) is 18.2 Å². The first-order valence-corrected chi connectivity index (χ1v) is 6.67. The molecule has 0 aliphatic heterocycles. The highest BCUT2D eigenvalue weighted by molar-refractivity contribution is 9.10. The summed E-state index contributed by atoms with van der Waals surface area (Å²) in [6.07, 6.45) is 0. The van der Waals surface area contributed by atoms with Crippen molar-refractivity contribution in [2.24, 2.45) is 0 Å². The molecule has 0 fully saturated rings. The van der Waals surface area contributed by atoms with Crippen LogP contribution in [0.4, 0.5) is 10.1 Å². The van der Waals surface area contributed by atoms with Gasteiger partial charge < -0.3 is 5.32 Å². The molecule has 1 N–H and O–H groups in total. The Kier molecular flexibility index (Phi) is 4.22. The fourth-order valence-corrected chi connectivity index (χ4v) is 2.12. The van der Waals surface area contributed by atoms with Crippen molar-refractivity contribution in [2.45, 2.75) is 6.92 Å². The number of halogens is 3. The summed E-state index contributed by atoms with van der Waals surface area (Å²) in [5.74, 6) is -1.13. The Morgan fingerprint density at radius 3 is 2.74 bits per heavy atom. The summed E-state index contributed by atoms with van der Waals surface area (Å²) in [6.45, 7) is 1.86. The van der Waals surface area contributed by atoms with Crippen molar-refractivity contribution in [2.75, 3.05) is 5.32 Å². The molecule has 0 radical (unpaired) electrons. The lowest BCUT2D eigenvalue weighted by Gasteiger charge is -2.09.